The third-order valence-electron chi connectivity index (χ3n) is 5.44. The van der Waals surface area contributed by atoms with Crippen molar-refractivity contribution in [3.8, 4) is 0 Å². The van der Waals surface area contributed by atoms with Crippen LogP contribution in [0.1, 0.15) is 31.7 Å². The molecule has 142 valence electrons. The van der Waals surface area contributed by atoms with Gasteiger partial charge in [0.25, 0.3) is 0 Å². The second kappa shape index (κ2) is 8.54. The van der Waals surface area contributed by atoms with E-state index in [2.05, 4.69) is 17.1 Å². The standard InChI is InChI=1S/C20H30N4O2/c1-16-6-8-18(9-7-16)21-20(26)23-13-11-22(12-14-23)15-19(25)24-10-4-3-5-17(24)2/h6-9,17H,3-5,10-15H2,1-2H3,(H,21,26). The predicted octanol–water partition coefficient (Wildman–Crippen LogP) is 2.55. The fourth-order valence-electron chi connectivity index (χ4n) is 3.70. The highest BCUT2D eigenvalue weighted by molar-refractivity contribution is 5.89. The molecule has 1 unspecified atom stereocenters. The van der Waals surface area contributed by atoms with Gasteiger partial charge < -0.3 is 15.1 Å². The average Bonchev–Trinajstić information content (AvgIpc) is 2.64. The van der Waals surface area contributed by atoms with E-state index in [4.69, 9.17) is 0 Å². The molecule has 2 heterocycles. The van der Waals surface area contributed by atoms with Crippen molar-refractivity contribution in [2.45, 2.75) is 39.2 Å². The van der Waals surface area contributed by atoms with Crippen molar-refractivity contribution in [2.75, 3.05) is 44.6 Å². The molecule has 1 aromatic rings. The Labute approximate surface area is 156 Å². The molecule has 3 rings (SSSR count). The minimum atomic E-state index is -0.0653. The molecule has 0 radical (unpaired) electrons. The molecule has 1 atom stereocenters. The third kappa shape index (κ3) is 4.75. The van der Waals surface area contributed by atoms with Gasteiger partial charge in [-0.15, -0.1) is 0 Å². The van der Waals surface area contributed by atoms with Crippen LogP contribution in [-0.2, 0) is 4.79 Å². The number of aryl methyl sites for hydroxylation is 1. The van der Waals surface area contributed by atoms with Crippen molar-refractivity contribution in [1.29, 1.82) is 0 Å². The number of carbonyl (C=O) groups excluding carboxylic acids is 2. The Hall–Kier alpha value is -2.08. The summed E-state index contributed by atoms with van der Waals surface area (Å²) in [6, 6.07) is 8.10. The van der Waals surface area contributed by atoms with Crippen LogP contribution < -0.4 is 5.32 Å². The first-order chi connectivity index (χ1) is 12.5. The smallest absolute Gasteiger partial charge is 0.321 e. The number of amides is 3. The number of carbonyl (C=O) groups is 2. The van der Waals surface area contributed by atoms with Crippen LogP contribution in [0.3, 0.4) is 0 Å². The van der Waals surface area contributed by atoms with Crippen molar-refractivity contribution in [3.63, 3.8) is 0 Å². The average molecular weight is 358 g/mol. The van der Waals surface area contributed by atoms with Crippen molar-refractivity contribution < 1.29 is 9.59 Å². The molecule has 6 nitrogen and oxygen atoms in total. The highest BCUT2D eigenvalue weighted by Gasteiger charge is 2.27. The summed E-state index contributed by atoms with van der Waals surface area (Å²) in [7, 11) is 0. The Balaban J connectivity index is 1.44. The van der Waals surface area contributed by atoms with Gasteiger partial charge in [0.15, 0.2) is 0 Å². The summed E-state index contributed by atoms with van der Waals surface area (Å²) < 4.78 is 0. The van der Waals surface area contributed by atoms with Crippen LogP contribution >= 0.6 is 0 Å². The Morgan fingerprint density at radius 1 is 1.04 bits per heavy atom. The van der Waals surface area contributed by atoms with Gasteiger partial charge in [0, 0.05) is 44.5 Å². The van der Waals surface area contributed by atoms with E-state index >= 15 is 0 Å². The molecule has 1 aromatic carbocycles. The van der Waals surface area contributed by atoms with Gasteiger partial charge in [0.1, 0.15) is 0 Å². The highest BCUT2D eigenvalue weighted by Crippen LogP contribution is 2.17. The van der Waals surface area contributed by atoms with Gasteiger partial charge in [-0.05, 0) is 45.2 Å². The van der Waals surface area contributed by atoms with Gasteiger partial charge in [-0.3, -0.25) is 9.69 Å². The predicted molar refractivity (Wildman–Crippen MR) is 103 cm³/mol. The normalized spacial score (nSPS) is 21.5. The summed E-state index contributed by atoms with van der Waals surface area (Å²) >= 11 is 0. The highest BCUT2D eigenvalue weighted by atomic mass is 16.2. The number of piperidine rings is 1. The van der Waals surface area contributed by atoms with E-state index in [1.54, 1.807) is 0 Å². The number of likely N-dealkylation sites (tertiary alicyclic amines) is 1. The maximum absolute atomic E-state index is 12.6. The summed E-state index contributed by atoms with van der Waals surface area (Å²) in [5.74, 6) is 0.231. The van der Waals surface area contributed by atoms with E-state index in [9.17, 15) is 9.59 Å². The van der Waals surface area contributed by atoms with E-state index in [0.717, 1.165) is 38.2 Å². The molecule has 0 spiro atoms. The Bertz CT molecular complexity index is 623. The van der Waals surface area contributed by atoms with Crippen LogP contribution in [0.5, 0.6) is 0 Å². The minimum Gasteiger partial charge on any atom is -0.339 e. The Kier molecular flexibility index (Phi) is 6.14. The van der Waals surface area contributed by atoms with Gasteiger partial charge in [-0.2, -0.15) is 0 Å². The van der Waals surface area contributed by atoms with Gasteiger partial charge in [0.2, 0.25) is 5.91 Å². The number of urea groups is 1. The lowest BCUT2D eigenvalue weighted by Gasteiger charge is -2.38. The van der Waals surface area contributed by atoms with E-state index in [0.29, 0.717) is 25.7 Å². The van der Waals surface area contributed by atoms with Crippen molar-refractivity contribution in [1.82, 2.24) is 14.7 Å². The molecule has 2 fully saturated rings. The van der Waals surface area contributed by atoms with Gasteiger partial charge >= 0.3 is 6.03 Å². The number of benzene rings is 1. The van der Waals surface area contributed by atoms with Crippen molar-refractivity contribution in [2.24, 2.45) is 0 Å². The zero-order valence-corrected chi connectivity index (χ0v) is 15.9. The third-order valence-corrected chi connectivity index (χ3v) is 5.44. The van der Waals surface area contributed by atoms with Crippen LogP contribution in [0, 0.1) is 6.92 Å². The number of nitrogens with one attached hydrogen (secondary N) is 1. The number of hydrogen-bond acceptors (Lipinski definition) is 3. The first-order valence-electron chi connectivity index (χ1n) is 9.67. The SMILES string of the molecule is Cc1ccc(NC(=O)N2CCN(CC(=O)N3CCCCC3C)CC2)cc1. The molecule has 6 heteroatoms. The number of piperazine rings is 1. The maximum Gasteiger partial charge on any atom is 0.321 e. The first kappa shape index (κ1) is 18.7. The van der Waals surface area contributed by atoms with E-state index in [1.165, 1.54) is 12.0 Å². The van der Waals surface area contributed by atoms with E-state index in [-0.39, 0.29) is 11.9 Å². The van der Waals surface area contributed by atoms with Crippen LogP contribution in [0.4, 0.5) is 10.5 Å². The monoisotopic (exact) mass is 358 g/mol. The van der Waals surface area contributed by atoms with E-state index in [1.807, 2.05) is 41.0 Å². The number of hydrogen-bond donors (Lipinski definition) is 1. The largest absolute Gasteiger partial charge is 0.339 e. The molecule has 1 N–H and O–H groups in total. The molecule has 0 saturated carbocycles. The van der Waals surface area contributed by atoms with E-state index < -0.39 is 0 Å². The second-order valence-electron chi connectivity index (χ2n) is 7.49. The summed E-state index contributed by atoms with van der Waals surface area (Å²) in [6.45, 7) is 8.32. The molecular formula is C20H30N4O2. The van der Waals surface area contributed by atoms with Gasteiger partial charge in [-0.1, -0.05) is 17.7 Å². The van der Waals surface area contributed by atoms with Gasteiger partial charge in [-0.25, -0.2) is 4.79 Å². The van der Waals surface area contributed by atoms with Crippen LogP contribution in [0.15, 0.2) is 24.3 Å². The Morgan fingerprint density at radius 3 is 2.38 bits per heavy atom. The number of anilines is 1. The summed E-state index contributed by atoms with van der Waals surface area (Å²) in [4.78, 5) is 31.0. The minimum absolute atomic E-state index is 0.0653. The van der Waals surface area contributed by atoms with Crippen LogP contribution in [-0.4, -0.2) is 71.9 Å². The number of rotatable bonds is 3. The van der Waals surface area contributed by atoms with Crippen LogP contribution in [0.2, 0.25) is 0 Å². The quantitative estimate of drug-likeness (QED) is 0.903. The topological polar surface area (TPSA) is 55.9 Å². The summed E-state index contributed by atoms with van der Waals surface area (Å²) in [5.41, 5.74) is 1.99. The zero-order chi connectivity index (χ0) is 18.5. The fourth-order valence-corrected chi connectivity index (χ4v) is 3.70. The summed E-state index contributed by atoms with van der Waals surface area (Å²) in [5, 5.41) is 2.95. The molecule has 0 bridgehead atoms. The van der Waals surface area contributed by atoms with Crippen molar-refractivity contribution >= 4 is 17.6 Å². The van der Waals surface area contributed by atoms with Gasteiger partial charge in [0.05, 0.1) is 6.54 Å². The number of nitrogens with zero attached hydrogens (tertiary/aromatic N) is 3. The summed E-state index contributed by atoms with van der Waals surface area (Å²) in [6.07, 6.45) is 3.45. The molecule has 2 saturated heterocycles. The first-order valence-corrected chi connectivity index (χ1v) is 9.67. The van der Waals surface area contributed by atoms with Crippen LogP contribution in [0.25, 0.3) is 0 Å². The lowest BCUT2D eigenvalue weighted by atomic mass is 10.0. The lowest BCUT2D eigenvalue weighted by molar-refractivity contribution is -0.136. The molecule has 2 aliphatic heterocycles. The molecule has 2 aliphatic rings. The second-order valence-corrected chi connectivity index (χ2v) is 7.49. The molecule has 0 aromatic heterocycles. The maximum atomic E-state index is 12.6. The molecule has 0 aliphatic carbocycles. The zero-order valence-electron chi connectivity index (χ0n) is 15.9. The fraction of sp³-hybridized carbons (Fsp3) is 0.600. The lowest BCUT2D eigenvalue weighted by Crippen LogP contribution is -2.53. The Morgan fingerprint density at radius 2 is 1.73 bits per heavy atom. The molecule has 3 amide bonds. The van der Waals surface area contributed by atoms with Crippen molar-refractivity contribution in [3.05, 3.63) is 29.8 Å². The molecular weight excluding hydrogens is 328 g/mol. The molecule has 26 heavy (non-hydrogen) atoms.